The normalized spacial score (nSPS) is 22.2. The zero-order chi connectivity index (χ0) is 29.8. The first-order chi connectivity index (χ1) is 19.3. The van der Waals surface area contributed by atoms with Gasteiger partial charge in [-0.1, -0.05) is 60.7 Å². The predicted molar refractivity (Wildman–Crippen MR) is 146 cm³/mol. The number of alkyl halides is 3. The van der Waals surface area contributed by atoms with Gasteiger partial charge in [-0.2, -0.15) is 13.2 Å². The van der Waals surface area contributed by atoms with E-state index in [-0.39, 0.29) is 26.3 Å². The predicted octanol–water partition coefficient (Wildman–Crippen LogP) is 3.22. The van der Waals surface area contributed by atoms with Crippen LogP contribution in [-0.2, 0) is 25.7 Å². The standard InChI is InChI=1S/C30H37F3N4O4/c1-28(2,34)26(39)35-24(18-41-17-21-10-5-3-6-11-21)25(38)36-15-9-14-29(19-36)23(22-12-7-4-8-13-22)16-37(27(29)40)20-30(31,32)33/h3-8,10-13,23-24H,9,14-20,34H2,1-2H3,(H,35,39)/t23?,24?,29-/m0/s1. The highest BCUT2D eigenvalue weighted by atomic mass is 19.4. The van der Waals surface area contributed by atoms with Crippen LogP contribution in [0.1, 0.15) is 43.7 Å². The number of nitrogens with zero attached hydrogens (tertiary/aromatic N) is 2. The number of hydrogen-bond acceptors (Lipinski definition) is 5. The van der Waals surface area contributed by atoms with Crippen LogP contribution >= 0.6 is 0 Å². The summed E-state index contributed by atoms with van der Waals surface area (Å²) in [5.74, 6) is -2.16. The summed E-state index contributed by atoms with van der Waals surface area (Å²) >= 11 is 0. The van der Waals surface area contributed by atoms with Crippen molar-refractivity contribution in [2.24, 2.45) is 11.1 Å². The molecule has 2 aromatic carbocycles. The average molecular weight is 575 g/mol. The van der Waals surface area contributed by atoms with Gasteiger partial charge in [-0.3, -0.25) is 14.4 Å². The minimum absolute atomic E-state index is 0.0599. The summed E-state index contributed by atoms with van der Waals surface area (Å²) in [4.78, 5) is 42.7. The van der Waals surface area contributed by atoms with Gasteiger partial charge in [0.25, 0.3) is 0 Å². The van der Waals surface area contributed by atoms with Crippen LogP contribution in [-0.4, -0.2) is 78.1 Å². The van der Waals surface area contributed by atoms with E-state index in [1.54, 1.807) is 30.3 Å². The van der Waals surface area contributed by atoms with Gasteiger partial charge in [0.05, 0.1) is 24.2 Å². The van der Waals surface area contributed by atoms with E-state index in [9.17, 15) is 27.6 Å². The quantitative estimate of drug-likeness (QED) is 0.479. The fourth-order valence-electron chi connectivity index (χ4n) is 5.74. The summed E-state index contributed by atoms with van der Waals surface area (Å²) in [5.41, 5.74) is 5.12. The number of ether oxygens (including phenoxy) is 1. The maximum absolute atomic E-state index is 13.9. The van der Waals surface area contributed by atoms with Crippen LogP contribution < -0.4 is 11.1 Å². The van der Waals surface area contributed by atoms with E-state index in [1.165, 1.54) is 18.7 Å². The summed E-state index contributed by atoms with van der Waals surface area (Å²) in [6.45, 7) is 1.89. The summed E-state index contributed by atoms with van der Waals surface area (Å²) in [6.07, 6.45) is -3.78. The molecule has 2 aliphatic heterocycles. The van der Waals surface area contributed by atoms with Crippen molar-refractivity contribution in [3.05, 3.63) is 71.8 Å². The van der Waals surface area contributed by atoms with Gasteiger partial charge in [0.15, 0.2) is 0 Å². The fraction of sp³-hybridized carbons (Fsp3) is 0.500. The van der Waals surface area contributed by atoms with E-state index in [4.69, 9.17) is 10.5 Å². The van der Waals surface area contributed by atoms with Gasteiger partial charge in [-0.15, -0.1) is 0 Å². The maximum Gasteiger partial charge on any atom is 0.406 e. The number of benzene rings is 2. The second-order valence-electron chi connectivity index (χ2n) is 11.5. The van der Waals surface area contributed by atoms with Crippen LogP contribution in [0.3, 0.4) is 0 Å². The molecule has 8 nitrogen and oxygen atoms in total. The number of halogens is 3. The summed E-state index contributed by atoms with van der Waals surface area (Å²) < 4.78 is 46.0. The molecule has 3 amide bonds. The fourth-order valence-corrected chi connectivity index (χ4v) is 5.74. The number of hydrogen-bond donors (Lipinski definition) is 2. The highest BCUT2D eigenvalue weighted by Gasteiger charge is 2.58. The molecular weight excluding hydrogens is 537 g/mol. The van der Waals surface area contributed by atoms with Crippen molar-refractivity contribution in [2.75, 3.05) is 32.8 Å². The Morgan fingerprint density at radius 2 is 1.73 bits per heavy atom. The number of piperidine rings is 1. The third-order valence-corrected chi connectivity index (χ3v) is 7.78. The molecule has 41 heavy (non-hydrogen) atoms. The van der Waals surface area contributed by atoms with Crippen LogP contribution in [0.4, 0.5) is 13.2 Å². The van der Waals surface area contributed by atoms with E-state index < -0.39 is 53.4 Å². The average Bonchev–Trinajstić information content (AvgIpc) is 3.17. The maximum atomic E-state index is 13.9. The molecule has 2 heterocycles. The zero-order valence-corrected chi connectivity index (χ0v) is 23.3. The van der Waals surface area contributed by atoms with Gasteiger partial charge in [-0.25, -0.2) is 0 Å². The van der Waals surface area contributed by atoms with E-state index in [0.717, 1.165) is 16.0 Å². The summed E-state index contributed by atoms with van der Waals surface area (Å²) in [7, 11) is 0. The highest BCUT2D eigenvalue weighted by molar-refractivity contribution is 5.93. The molecule has 0 saturated carbocycles. The third kappa shape index (κ3) is 7.26. The number of likely N-dealkylation sites (tertiary alicyclic amines) is 2. The smallest absolute Gasteiger partial charge is 0.374 e. The Balaban J connectivity index is 1.58. The van der Waals surface area contributed by atoms with E-state index >= 15 is 0 Å². The van der Waals surface area contributed by atoms with Crippen LogP contribution in [0, 0.1) is 5.41 Å². The lowest BCUT2D eigenvalue weighted by Gasteiger charge is -2.43. The Labute approximate surface area is 238 Å². The molecule has 11 heteroatoms. The number of carbonyl (C=O) groups excluding carboxylic acids is 3. The third-order valence-electron chi connectivity index (χ3n) is 7.78. The first kappa shape index (κ1) is 30.5. The van der Waals surface area contributed by atoms with Crippen molar-refractivity contribution in [3.8, 4) is 0 Å². The minimum atomic E-state index is -4.55. The number of amides is 3. The molecule has 0 aromatic heterocycles. The Morgan fingerprint density at radius 3 is 2.34 bits per heavy atom. The molecule has 2 fully saturated rings. The molecule has 2 saturated heterocycles. The molecule has 2 unspecified atom stereocenters. The number of carbonyl (C=O) groups is 3. The first-order valence-electron chi connectivity index (χ1n) is 13.7. The number of rotatable bonds is 9. The lowest BCUT2D eigenvalue weighted by molar-refractivity contribution is -0.163. The number of nitrogens with one attached hydrogen (secondary N) is 1. The highest BCUT2D eigenvalue weighted by Crippen LogP contribution is 2.50. The van der Waals surface area contributed by atoms with Crippen LogP contribution in [0.15, 0.2) is 60.7 Å². The van der Waals surface area contributed by atoms with E-state index in [1.807, 2.05) is 30.3 Å². The lowest BCUT2D eigenvalue weighted by Crippen LogP contribution is -2.60. The Hall–Kier alpha value is -3.44. The monoisotopic (exact) mass is 574 g/mol. The number of nitrogens with two attached hydrogens (primary N) is 1. The molecule has 0 radical (unpaired) electrons. The molecule has 3 atom stereocenters. The Kier molecular flexibility index (Phi) is 9.08. The van der Waals surface area contributed by atoms with Crippen molar-refractivity contribution < 1.29 is 32.3 Å². The van der Waals surface area contributed by atoms with Crippen LogP contribution in [0.2, 0.25) is 0 Å². The van der Waals surface area contributed by atoms with Crippen molar-refractivity contribution in [1.82, 2.24) is 15.1 Å². The van der Waals surface area contributed by atoms with Gasteiger partial charge in [0.1, 0.15) is 12.6 Å². The summed E-state index contributed by atoms with van der Waals surface area (Å²) in [5, 5.41) is 2.69. The van der Waals surface area contributed by atoms with Crippen molar-refractivity contribution in [2.45, 2.75) is 57.0 Å². The molecule has 4 rings (SSSR count). The molecule has 1 spiro atoms. The molecule has 2 aromatic rings. The van der Waals surface area contributed by atoms with E-state index in [0.29, 0.717) is 19.4 Å². The summed E-state index contributed by atoms with van der Waals surface area (Å²) in [6, 6.07) is 17.2. The van der Waals surface area contributed by atoms with Crippen LogP contribution in [0.25, 0.3) is 0 Å². The minimum Gasteiger partial charge on any atom is -0.374 e. The van der Waals surface area contributed by atoms with Gasteiger partial charge < -0.3 is 25.6 Å². The largest absolute Gasteiger partial charge is 0.406 e. The van der Waals surface area contributed by atoms with E-state index in [2.05, 4.69) is 5.32 Å². The molecule has 2 aliphatic rings. The van der Waals surface area contributed by atoms with Crippen molar-refractivity contribution >= 4 is 17.7 Å². The molecular formula is C30H37F3N4O4. The lowest BCUT2D eigenvalue weighted by atomic mass is 9.69. The topological polar surface area (TPSA) is 105 Å². The first-order valence-corrected chi connectivity index (χ1v) is 13.7. The zero-order valence-electron chi connectivity index (χ0n) is 23.3. The van der Waals surface area contributed by atoms with Gasteiger partial charge in [0, 0.05) is 25.6 Å². The van der Waals surface area contributed by atoms with Gasteiger partial charge >= 0.3 is 6.18 Å². The van der Waals surface area contributed by atoms with Crippen LogP contribution in [0.5, 0.6) is 0 Å². The Morgan fingerprint density at radius 1 is 1.10 bits per heavy atom. The second-order valence-corrected chi connectivity index (χ2v) is 11.5. The van der Waals surface area contributed by atoms with Crippen molar-refractivity contribution in [3.63, 3.8) is 0 Å². The SMILES string of the molecule is CC(C)(N)C(=O)NC(COCc1ccccc1)C(=O)N1CCC[C@@]2(C1)C(=O)N(CC(F)(F)F)CC2c1ccccc1. The second kappa shape index (κ2) is 12.2. The van der Waals surface area contributed by atoms with Crippen molar-refractivity contribution in [1.29, 1.82) is 0 Å². The van der Waals surface area contributed by atoms with Gasteiger partial charge in [-0.05, 0) is 37.8 Å². The molecule has 222 valence electrons. The Bertz CT molecular complexity index is 1220. The molecule has 0 bridgehead atoms. The molecule has 3 N–H and O–H groups in total. The molecule has 0 aliphatic carbocycles. The van der Waals surface area contributed by atoms with Gasteiger partial charge in [0.2, 0.25) is 17.7 Å².